The summed E-state index contributed by atoms with van der Waals surface area (Å²) < 4.78 is 5.93. The van der Waals surface area contributed by atoms with Crippen molar-refractivity contribution < 1.29 is 9.52 Å². The molecule has 2 aromatic rings. The first-order chi connectivity index (χ1) is 6.68. The van der Waals surface area contributed by atoms with Crippen molar-refractivity contribution in [3.05, 3.63) is 44.4 Å². The van der Waals surface area contributed by atoms with Gasteiger partial charge in [-0.1, -0.05) is 0 Å². The molecule has 0 aliphatic carbocycles. The molecule has 0 aromatic carbocycles. The zero-order valence-electron chi connectivity index (χ0n) is 7.53. The van der Waals surface area contributed by atoms with Crippen LogP contribution in [0.3, 0.4) is 0 Å². The number of aryl methyl sites for hydroxylation is 1. The molecule has 1 unspecified atom stereocenters. The third-order valence-corrected chi connectivity index (χ3v) is 3.34. The lowest BCUT2D eigenvalue weighted by Crippen LogP contribution is -1.97. The molecular formula is C10H9BrO2S. The van der Waals surface area contributed by atoms with Crippen LogP contribution in [-0.2, 0) is 0 Å². The Hall–Kier alpha value is -0.580. The molecule has 0 saturated carbocycles. The smallest absolute Gasteiger partial charge is 0.169 e. The molecule has 74 valence electrons. The lowest BCUT2D eigenvalue weighted by Gasteiger charge is -2.06. The molecule has 2 aromatic heterocycles. The predicted octanol–water partition coefficient (Wildman–Crippen LogP) is 3.49. The van der Waals surface area contributed by atoms with Crippen molar-refractivity contribution in [3.8, 4) is 0 Å². The van der Waals surface area contributed by atoms with E-state index in [1.54, 1.807) is 23.5 Å². The van der Waals surface area contributed by atoms with Crippen molar-refractivity contribution in [1.82, 2.24) is 0 Å². The number of aliphatic hydroxyl groups is 1. The van der Waals surface area contributed by atoms with E-state index in [2.05, 4.69) is 15.9 Å². The van der Waals surface area contributed by atoms with E-state index in [-0.39, 0.29) is 0 Å². The van der Waals surface area contributed by atoms with Crippen molar-refractivity contribution >= 4 is 27.3 Å². The standard InChI is InChI=1S/C10H9BrO2S/c1-6-7(4-5-14-6)10(12)8-2-3-9(11)13-8/h2-5,10,12H,1H3. The zero-order valence-corrected chi connectivity index (χ0v) is 9.93. The molecule has 14 heavy (non-hydrogen) atoms. The summed E-state index contributed by atoms with van der Waals surface area (Å²) in [5, 5.41) is 11.9. The van der Waals surface area contributed by atoms with Crippen LogP contribution in [0.1, 0.15) is 22.3 Å². The summed E-state index contributed by atoms with van der Waals surface area (Å²) in [6.45, 7) is 1.99. The van der Waals surface area contributed by atoms with Crippen LogP contribution in [0.15, 0.2) is 32.7 Å². The van der Waals surface area contributed by atoms with Gasteiger partial charge in [-0.05, 0) is 46.4 Å². The molecule has 2 heterocycles. The van der Waals surface area contributed by atoms with Gasteiger partial charge >= 0.3 is 0 Å². The molecule has 0 aliphatic rings. The van der Waals surface area contributed by atoms with Crippen LogP contribution in [0.4, 0.5) is 0 Å². The third-order valence-electron chi connectivity index (χ3n) is 2.06. The first-order valence-corrected chi connectivity index (χ1v) is 5.83. The lowest BCUT2D eigenvalue weighted by atomic mass is 10.1. The Bertz CT molecular complexity index is 433. The van der Waals surface area contributed by atoms with Crippen LogP contribution in [0.2, 0.25) is 0 Å². The fraction of sp³-hybridized carbons (Fsp3) is 0.200. The fourth-order valence-electron chi connectivity index (χ4n) is 1.31. The van der Waals surface area contributed by atoms with Crippen molar-refractivity contribution in [2.45, 2.75) is 13.0 Å². The highest BCUT2D eigenvalue weighted by Crippen LogP contribution is 2.30. The molecular weight excluding hydrogens is 264 g/mol. The number of thiophene rings is 1. The van der Waals surface area contributed by atoms with E-state index in [0.717, 1.165) is 10.4 Å². The number of halogens is 1. The maximum atomic E-state index is 9.97. The molecule has 0 radical (unpaired) electrons. The van der Waals surface area contributed by atoms with Crippen molar-refractivity contribution in [3.63, 3.8) is 0 Å². The fourth-order valence-corrected chi connectivity index (χ4v) is 2.36. The molecule has 0 amide bonds. The van der Waals surface area contributed by atoms with Crippen molar-refractivity contribution in [2.75, 3.05) is 0 Å². The average molecular weight is 273 g/mol. The van der Waals surface area contributed by atoms with Gasteiger partial charge < -0.3 is 9.52 Å². The SMILES string of the molecule is Cc1sccc1C(O)c1ccc(Br)o1. The second-order valence-corrected chi connectivity index (χ2v) is 4.88. The van der Waals surface area contributed by atoms with Gasteiger partial charge in [0.2, 0.25) is 0 Å². The summed E-state index contributed by atoms with van der Waals surface area (Å²) in [5.41, 5.74) is 0.914. The summed E-state index contributed by atoms with van der Waals surface area (Å²) in [6.07, 6.45) is -0.660. The summed E-state index contributed by atoms with van der Waals surface area (Å²) in [5.74, 6) is 0.568. The van der Waals surface area contributed by atoms with E-state index in [1.807, 2.05) is 18.4 Å². The second-order valence-electron chi connectivity index (χ2n) is 2.98. The van der Waals surface area contributed by atoms with Crippen LogP contribution in [0.25, 0.3) is 0 Å². The number of hydrogen-bond donors (Lipinski definition) is 1. The molecule has 2 nitrogen and oxygen atoms in total. The monoisotopic (exact) mass is 272 g/mol. The van der Waals surface area contributed by atoms with E-state index in [1.165, 1.54) is 0 Å². The quantitative estimate of drug-likeness (QED) is 0.908. The highest BCUT2D eigenvalue weighted by atomic mass is 79.9. The summed E-state index contributed by atoms with van der Waals surface area (Å²) in [7, 11) is 0. The molecule has 2 rings (SSSR count). The van der Waals surface area contributed by atoms with Crippen LogP contribution in [-0.4, -0.2) is 5.11 Å². The van der Waals surface area contributed by atoms with E-state index in [0.29, 0.717) is 10.4 Å². The van der Waals surface area contributed by atoms with E-state index in [4.69, 9.17) is 4.42 Å². The van der Waals surface area contributed by atoms with Crippen LogP contribution < -0.4 is 0 Å². The Kier molecular flexibility index (Phi) is 2.76. The molecule has 0 aliphatic heterocycles. The van der Waals surface area contributed by atoms with E-state index in [9.17, 15) is 5.11 Å². The van der Waals surface area contributed by atoms with Gasteiger partial charge in [-0.15, -0.1) is 11.3 Å². The van der Waals surface area contributed by atoms with Gasteiger partial charge in [0.25, 0.3) is 0 Å². The number of hydrogen-bond acceptors (Lipinski definition) is 3. The highest BCUT2D eigenvalue weighted by molar-refractivity contribution is 9.10. The van der Waals surface area contributed by atoms with Gasteiger partial charge in [-0.3, -0.25) is 0 Å². The van der Waals surface area contributed by atoms with Gasteiger partial charge in [0, 0.05) is 10.4 Å². The Morgan fingerprint density at radius 2 is 2.21 bits per heavy atom. The summed E-state index contributed by atoms with van der Waals surface area (Å²) >= 11 is 4.83. The molecule has 1 atom stereocenters. The first-order valence-electron chi connectivity index (χ1n) is 4.16. The zero-order chi connectivity index (χ0) is 10.1. The number of furan rings is 1. The molecule has 0 fully saturated rings. The lowest BCUT2D eigenvalue weighted by molar-refractivity contribution is 0.187. The minimum atomic E-state index is -0.660. The van der Waals surface area contributed by atoms with Gasteiger partial charge in [0.15, 0.2) is 4.67 Å². The van der Waals surface area contributed by atoms with Crippen LogP contribution in [0, 0.1) is 6.92 Å². The molecule has 4 heteroatoms. The van der Waals surface area contributed by atoms with Gasteiger partial charge in [-0.2, -0.15) is 0 Å². The number of aliphatic hydroxyl groups excluding tert-OH is 1. The van der Waals surface area contributed by atoms with Gasteiger partial charge in [0.1, 0.15) is 11.9 Å². The highest BCUT2D eigenvalue weighted by Gasteiger charge is 2.16. The number of rotatable bonds is 2. The molecule has 0 saturated heterocycles. The Labute approximate surface area is 94.3 Å². The van der Waals surface area contributed by atoms with Crippen molar-refractivity contribution in [2.24, 2.45) is 0 Å². The molecule has 0 bridgehead atoms. The summed E-state index contributed by atoms with van der Waals surface area (Å²) in [4.78, 5) is 1.12. The normalized spacial score (nSPS) is 13.1. The largest absolute Gasteiger partial charge is 0.451 e. The minimum Gasteiger partial charge on any atom is -0.451 e. The van der Waals surface area contributed by atoms with Gasteiger partial charge in [-0.25, -0.2) is 0 Å². The van der Waals surface area contributed by atoms with Crippen LogP contribution in [0.5, 0.6) is 0 Å². The first kappa shape index (κ1) is 9.96. The second kappa shape index (κ2) is 3.88. The topological polar surface area (TPSA) is 33.4 Å². The Balaban J connectivity index is 2.33. The third kappa shape index (κ3) is 1.78. The van der Waals surface area contributed by atoms with Gasteiger partial charge in [0.05, 0.1) is 0 Å². The maximum absolute atomic E-state index is 9.97. The van der Waals surface area contributed by atoms with Crippen LogP contribution >= 0.6 is 27.3 Å². The minimum absolute atomic E-state index is 0.568. The molecule has 1 N–H and O–H groups in total. The predicted molar refractivity (Wildman–Crippen MR) is 59.5 cm³/mol. The molecule has 0 spiro atoms. The Morgan fingerprint density at radius 3 is 2.71 bits per heavy atom. The van der Waals surface area contributed by atoms with E-state index < -0.39 is 6.10 Å². The average Bonchev–Trinajstić information content (AvgIpc) is 2.73. The summed E-state index contributed by atoms with van der Waals surface area (Å²) in [6, 6.07) is 5.47. The van der Waals surface area contributed by atoms with Crippen molar-refractivity contribution in [1.29, 1.82) is 0 Å². The Morgan fingerprint density at radius 1 is 1.43 bits per heavy atom. The van der Waals surface area contributed by atoms with E-state index >= 15 is 0 Å². The maximum Gasteiger partial charge on any atom is 0.169 e.